The summed E-state index contributed by atoms with van der Waals surface area (Å²) in [5.74, 6) is 0. The third kappa shape index (κ3) is 3.25. The molecule has 2 N–H and O–H groups in total. The van der Waals surface area contributed by atoms with Crippen LogP contribution in [0.3, 0.4) is 0 Å². The highest BCUT2D eigenvalue weighted by atomic mass is 16.6. The molecule has 0 amide bonds. The lowest BCUT2D eigenvalue weighted by molar-refractivity contribution is -0.383. The highest BCUT2D eigenvalue weighted by Gasteiger charge is 2.18. The average Bonchev–Trinajstić information content (AvgIpc) is 2.92. The maximum absolute atomic E-state index is 11.2. The number of nitro benzene ring substituents is 1. The molecule has 1 heterocycles. The summed E-state index contributed by atoms with van der Waals surface area (Å²) in [6.45, 7) is 3.83. The molecule has 0 saturated carbocycles. The number of benzene rings is 1. The van der Waals surface area contributed by atoms with Crippen LogP contribution in [0.5, 0.6) is 0 Å². The van der Waals surface area contributed by atoms with E-state index in [4.69, 9.17) is 0 Å². The van der Waals surface area contributed by atoms with E-state index in [1.807, 2.05) is 17.7 Å². The van der Waals surface area contributed by atoms with Crippen molar-refractivity contribution in [1.82, 2.24) is 9.55 Å². The van der Waals surface area contributed by atoms with E-state index in [2.05, 4.69) is 15.6 Å². The van der Waals surface area contributed by atoms with Crippen LogP contribution in [-0.4, -0.2) is 27.6 Å². The number of anilines is 2. The Morgan fingerprint density at radius 2 is 2.10 bits per heavy atom. The van der Waals surface area contributed by atoms with Gasteiger partial charge in [0.05, 0.1) is 11.3 Å². The molecule has 2 rings (SSSR count). The van der Waals surface area contributed by atoms with E-state index in [9.17, 15) is 10.1 Å². The highest BCUT2D eigenvalue weighted by Crippen LogP contribution is 2.32. The fourth-order valence-electron chi connectivity index (χ4n) is 1.95. The zero-order valence-electron chi connectivity index (χ0n) is 11.2. The molecule has 0 aliphatic rings. The van der Waals surface area contributed by atoms with E-state index in [-0.39, 0.29) is 10.6 Å². The van der Waals surface area contributed by atoms with Crippen molar-refractivity contribution in [2.24, 2.45) is 0 Å². The van der Waals surface area contributed by atoms with E-state index in [0.29, 0.717) is 31.0 Å². The molecule has 0 aliphatic carbocycles. The van der Waals surface area contributed by atoms with Gasteiger partial charge in [-0.2, -0.15) is 0 Å². The first-order valence-corrected chi connectivity index (χ1v) is 6.43. The quantitative estimate of drug-likeness (QED) is 0.598. The standard InChI is InChI=1S/C13H17N5O2/c1-2-15-11-4-3-5-12(13(11)18(19)20)16-7-9-17-8-6-14-10-17/h3-6,8,10,15-16H,2,7,9H2,1H3. The molecule has 0 bridgehead atoms. The van der Waals surface area contributed by atoms with Crippen LogP contribution in [0.4, 0.5) is 17.1 Å². The maximum Gasteiger partial charge on any atom is 0.315 e. The maximum atomic E-state index is 11.2. The molecule has 7 nitrogen and oxygen atoms in total. The minimum atomic E-state index is -0.364. The fraction of sp³-hybridized carbons (Fsp3) is 0.308. The Morgan fingerprint density at radius 1 is 1.35 bits per heavy atom. The van der Waals surface area contributed by atoms with Crippen LogP contribution in [0.1, 0.15) is 6.92 Å². The Kier molecular flexibility index (Phi) is 4.54. The van der Waals surface area contributed by atoms with Gasteiger partial charge >= 0.3 is 5.69 Å². The summed E-state index contributed by atoms with van der Waals surface area (Å²) in [5, 5.41) is 17.3. The second kappa shape index (κ2) is 6.55. The van der Waals surface area contributed by atoms with Crippen molar-refractivity contribution in [3.8, 4) is 0 Å². The Labute approximate surface area is 116 Å². The lowest BCUT2D eigenvalue weighted by Crippen LogP contribution is -2.11. The summed E-state index contributed by atoms with van der Waals surface area (Å²) in [5.41, 5.74) is 1.14. The molecule has 0 atom stereocenters. The van der Waals surface area contributed by atoms with Crippen molar-refractivity contribution >= 4 is 17.1 Å². The molecule has 0 saturated heterocycles. The lowest BCUT2D eigenvalue weighted by atomic mass is 10.2. The van der Waals surface area contributed by atoms with Gasteiger partial charge in [0, 0.05) is 32.0 Å². The van der Waals surface area contributed by atoms with Crippen LogP contribution in [-0.2, 0) is 6.54 Å². The number of para-hydroxylation sites is 1. The second-order valence-corrected chi connectivity index (χ2v) is 4.22. The molecule has 0 unspecified atom stereocenters. The van der Waals surface area contributed by atoms with Crippen molar-refractivity contribution < 1.29 is 4.92 Å². The van der Waals surface area contributed by atoms with Crippen molar-refractivity contribution in [3.05, 3.63) is 47.0 Å². The second-order valence-electron chi connectivity index (χ2n) is 4.22. The van der Waals surface area contributed by atoms with Gasteiger partial charge in [-0.3, -0.25) is 10.1 Å². The molecule has 0 radical (unpaired) electrons. The van der Waals surface area contributed by atoms with Gasteiger partial charge in [-0.15, -0.1) is 0 Å². The third-order valence-corrected chi connectivity index (χ3v) is 2.83. The van der Waals surface area contributed by atoms with E-state index >= 15 is 0 Å². The number of hydrogen-bond acceptors (Lipinski definition) is 5. The molecule has 0 aliphatic heterocycles. The topological polar surface area (TPSA) is 85.0 Å². The molecule has 0 fully saturated rings. The third-order valence-electron chi connectivity index (χ3n) is 2.83. The average molecular weight is 275 g/mol. The molecule has 2 aromatic rings. The molecule has 1 aromatic carbocycles. The van der Waals surface area contributed by atoms with Crippen LogP contribution < -0.4 is 10.6 Å². The van der Waals surface area contributed by atoms with Crippen molar-refractivity contribution in [2.75, 3.05) is 23.7 Å². The van der Waals surface area contributed by atoms with E-state index in [1.165, 1.54) is 0 Å². The predicted molar refractivity (Wildman–Crippen MR) is 78.0 cm³/mol. The Morgan fingerprint density at radius 3 is 2.70 bits per heavy atom. The van der Waals surface area contributed by atoms with Crippen LogP contribution in [0, 0.1) is 10.1 Å². The number of nitro groups is 1. The van der Waals surface area contributed by atoms with Gasteiger partial charge in [0.15, 0.2) is 0 Å². The number of hydrogen-bond donors (Lipinski definition) is 2. The normalized spacial score (nSPS) is 10.2. The summed E-state index contributed by atoms with van der Waals surface area (Å²) >= 11 is 0. The first-order chi connectivity index (χ1) is 9.72. The Bertz CT molecular complexity index is 568. The van der Waals surface area contributed by atoms with Gasteiger partial charge in [-0.1, -0.05) is 6.07 Å². The molecular weight excluding hydrogens is 258 g/mol. The monoisotopic (exact) mass is 275 g/mol. The number of imidazole rings is 1. The minimum Gasteiger partial charge on any atom is -0.380 e. The molecule has 1 aromatic heterocycles. The largest absolute Gasteiger partial charge is 0.380 e. The van der Waals surface area contributed by atoms with Crippen molar-refractivity contribution in [2.45, 2.75) is 13.5 Å². The Hall–Kier alpha value is -2.57. The summed E-state index contributed by atoms with van der Waals surface area (Å²) in [6, 6.07) is 5.22. The van der Waals surface area contributed by atoms with Gasteiger partial charge in [-0.05, 0) is 19.1 Å². The number of nitrogens with one attached hydrogen (secondary N) is 2. The Balaban J connectivity index is 2.09. The van der Waals surface area contributed by atoms with Gasteiger partial charge in [0.25, 0.3) is 0 Å². The molecule has 20 heavy (non-hydrogen) atoms. The number of nitrogens with zero attached hydrogens (tertiary/aromatic N) is 3. The van der Waals surface area contributed by atoms with Crippen LogP contribution >= 0.6 is 0 Å². The van der Waals surface area contributed by atoms with Gasteiger partial charge < -0.3 is 15.2 Å². The molecule has 0 spiro atoms. The first-order valence-electron chi connectivity index (χ1n) is 6.43. The van der Waals surface area contributed by atoms with Gasteiger partial charge in [-0.25, -0.2) is 4.98 Å². The smallest absolute Gasteiger partial charge is 0.315 e. The SMILES string of the molecule is CCNc1cccc(NCCn2ccnc2)c1[N+](=O)[O-]. The molecule has 106 valence electrons. The summed E-state index contributed by atoms with van der Waals surface area (Å²) in [6.07, 6.45) is 5.27. The van der Waals surface area contributed by atoms with Crippen LogP contribution in [0.2, 0.25) is 0 Å². The summed E-state index contributed by atoms with van der Waals surface area (Å²) < 4.78 is 1.91. The first kappa shape index (κ1) is 13.9. The number of aromatic nitrogens is 2. The lowest BCUT2D eigenvalue weighted by Gasteiger charge is -2.11. The molecular formula is C13H17N5O2. The van der Waals surface area contributed by atoms with Crippen molar-refractivity contribution in [1.29, 1.82) is 0 Å². The van der Waals surface area contributed by atoms with Crippen LogP contribution in [0.25, 0.3) is 0 Å². The predicted octanol–water partition coefficient (Wildman–Crippen LogP) is 2.34. The zero-order valence-corrected chi connectivity index (χ0v) is 11.2. The molecule has 7 heteroatoms. The van der Waals surface area contributed by atoms with E-state index in [1.54, 1.807) is 30.7 Å². The highest BCUT2D eigenvalue weighted by molar-refractivity contribution is 5.76. The zero-order chi connectivity index (χ0) is 14.4. The summed E-state index contributed by atoms with van der Waals surface area (Å²) in [4.78, 5) is 14.8. The van der Waals surface area contributed by atoms with Gasteiger partial charge in [0.1, 0.15) is 11.4 Å². The van der Waals surface area contributed by atoms with Crippen LogP contribution in [0.15, 0.2) is 36.9 Å². The summed E-state index contributed by atoms with van der Waals surface area (Å²) in [7, 11) is 0. The number of rotatable bonds is 7. The van der Waals surface area contributed by atoms with Crippen molar-refractivity contribution in [3.63, 3.8) is 0 Å². The minimum absolute atomic E-state index is 0.0833. The fourth-order valence-corrected chi connectivity index (χ4v) is 1.95. The van der Waals surface area contributed by atoms with E-state index < -0.39 is 0 Å². The van der Waals surface area contributed by atoms with Gasteiger partial charge in [0.2, 0.25) is 0 Å². The van der Waals surface area contributed by atoms with E-state index in [0.717, 1.165) is 0 Å².